The lowest BCUT2D eigenvalue weighted by molar-refractivity contribution is 0.303. The summed E-state index contributed by atoms with van der Waals surface area (Å²) in [5.41, 5.74) is 0.572. The molecule has 52 valence electrons. The van der Waals surface area contributed by atoms with Gasteiger partial charge < -0.3 is 0 Å². The van der Waals surface area contributed by atoms with Crippen LogP contribution in [0.2, 0.25) is 0 Å². The van der Waals surface area contributed by atoms with Crippen LogP contribution in [0.25, 0.3) is 0 Å². The SMILES string of the molecule is CC1(C)CCC(=S)CC1. The average molecular weight is 142 g/mol. The van der Waals surface area contributed by atoms with Crippen molar-refractivity contribution in [1.82, 2.24) is 0 Å². The molecule has 0 heterocycles. The molecule has 0 nitrogen and oxygen atoms in total. The highest BCUT2D eigenvalue weighted by molar-refractivity contribution is 7.80. The third kappa shape index (κ3) is 2.05. The van der Waals surface area contributed by atoms with Crippen molar-refractivity contribution in [3.63, 3.8) is 0 Å². The monoisotopic (exact) mass is 142 g/mol. The van der Waals surface area contributed by atoms with Crippen LogP contribution in [0.4, 0.5) is 0 Å². The highest BCUT2D eigenvalue weighted by Crippen LogP contribution is 2.33. The number of thiocarbonyl (C=S) groups is 1. The van der Waals surface area contributed by atoms with E-state index in [9.17, 15) is 0 Å². The van der Waals surface area contributed by atoms with Gasteiger partial charge in [-0.1, -0.05) is 26.1 Å². The zero-order chi connectivity index (χ0) is 6.91. The Labute approximate surface area is 62.6 Å². The van der Waals surface area contributed by atoms with Crippen LogP contribution < -0.4 is 0 Å². The first-order chi connectivity index (χ1) is 4.10. The van der Waals surface area contributed by atoms with Gasteiger partial charge in [-0.15, -0.1) is 0 Å². The Morgan fingerprint density at radius 1 is 1.22 bits per heavy atom. The third-order valence-electron chi connectivity index (χ3n) is 2.16. The smallest absolute Gasteiger partial charge is 0.00711 e. The van der Waals surface area contributed by atoms with Crippen LogP contribution in [0.15, 0.2) is 0 Å². The fourth-order valence-electron chi connectivity index (χ4n) is 1.21. The fraction of sp³-hybridized carbons (Fsp3) is 0.875. The van der Waals surface area contributed by atoms with Crippen LogP contribution >= 0.6 is 12.2 Å². The summed E-state index contributed by atoms with van der Waals surface area (Å²) in [5, 5.41) is 0. The van der Waals surface area contributed by atoms with Crippen LogP contribution in [0.5, 0.6) is 0 Å². The van der Waals surface area contributed by atoms with Crippen molar-refractivity contribution in [3.8, 4) is 0 Å². The van der Waals surface area contributed by atoms with Crippen LogP contribution in [-0.4, -0.2) is 4.86 Å². The van der Waals surface area contributed by atoms with Gasteiger partial charge in [0, 0.05) is 0 Å². The minimum atomic E-state index is 0.572. The Kier molecular flexibility index (Phi) is 1.90. The van der Waals surface area contributed by atoms with Crippen LogP contribution in [0, 0.1) is 5.41 Å². The van der Waals surface area contributed by atoms with Gasteiger partial charge in [-0.2, -0.15) is 0 Å². The van der Waals surface area contributed by atoms with E-state index in [2.05, 4.69) is 13.8 Å². The first kappa shape index (κ1) is 7.20. The summed E-state index contributed by atoms with van der Waals surface area (Å²) in [6, 6.07) is 0. The van der Waals surface area contributed by atoms with E-state index >= 15 is 0 Å². The van der Waals surface area contributed by atoms with Crippen LogP contribution in [0.3, 0.4) is 0 Å². The van der Waals surface area contributed by atoms with Crippen LogP contribution in [-0.2, 0) is 0 Å². The van der Waals surface area contributed by atoms with Gasteiger partial charge in [0.1, 0.15) is 0 Å². The van der Waals surface area contributed by atoms with E-state index in [0.717, 1.165) is 0 Å². The maximum Gasteiger partial charge on any atom is -0.00711 e. The van der Waals surface area contributed by atoms with Crippen molar-refractivity contribution in [3.05, 3.63) is 0 Å². The first-order valence-corrected chi connectivity index (χ1v) is 4.03. The van der Waals surface area contributed by atoms with E-state index in [1.165, 1.54) is 30.5 Å². The highest BCUT2D eigenvalue weighted by Gasteiger charge is 2.22. The van der Waals surface area contributed by atoms with Crippen molar-refractivity contribution in [2.45, 2.75) is 39.5 Å². The van der Waals surface area contributed by atoms with Crippen molar-refractivity contribution >= 4 is 17.1 Å². The second kappa shape index (κ2) is 2.37. The number of hydrogen-bond donors (Lipinski definition) is 0. The topological polar surface area (TPSA) is 0 Å². The molecular weight excluding hydrogens is 128 g/mol. The summed E-state index contributed by atoms with van der Waals surface area (Å²) in [6.45, 7) is 4.66. The molecule has 9 heavy (non-hydrogen) atoms. The lowest BCUT2D eigenvalue weighted by Crippen LogP contribution is -2.19. The zero-order valence-electron chi connectivity index (χ0n) is 6.24. The predicted octanol–water partition coefficient (Wildman–Crippen LogP) is 2.96. The van der Waals surface area contributed by atoms with E-state index in [-0.39, 0.29) is 0 Å². The Bertz CT molecular complexity index is 113. The summed E-state index contributed by atoms with van der Waals surface area (Å²) >= 11 is 5.11. The Morgan fingerprint density at radius 3 is 2.00 bits per heavy atom. The van der Waals surface area contributed by atoms with E-state index in [4.69, 9.17) is 12.2 Å². The molecule has 1 aliphatic rings. The molecule has 1 saturated carbocycles. The second-order valence-electron chi connectivity index (χ2n) is 3.70. The molecule has 0 aromatic carbocycles. The minimum Gasteiger partial charge on any atom is -0.0897 e. The lowest BCUT2D eigenvalue weighted by atomic mass is 9.77. The largest absolute Gasteiger partial charge is 0.0897 e. The summed E-state index contributed by atoms with van der Waals surface area (Å²) in [4.78, 5) is 1.29. The maximum atomic E-state index is 5.11. The quantitative estimate of drug-likeness (QED) is 0.469. The molecule has 0 aromatic heterocycles. The number of hydrogen-bond acceptors (Lipinski definition) is 1. The predicted molar refractivity (Wildman–Crippen MR) is 44.8 cm³/mol. The lowest BCUT2D eigenvalue weighted by Gasteiger charge is -2.29. The van der Waals surface area contributed by atoms with Gasteiger partial charge >= 0.3 is 0 Å². The Hall–Kier alpha value is 0.0900. The number of rotatable bonds is 0. The first-order valence-electron chi connectivity index (χ1n) is 3.62. The molecule has 0 aromatic rings. The molecule has 0 unspecified atom stereocenters. The van der Waals surface area contributed by atoms with Gasteiger partial charge in [-0.3, -0.25) is 0 Å². The van der Waals surface area contributed by atoms with Gasteiger partial charge in [0.25, 0.3) is 0 Å². The molecule has 0 saturated heterocycles. The molecule has 0 spiro atoms. The summed E-state index contributed by atoms with van der Waals surface area (Å²) in [5.74, 6) is 0. The molecule has 0 N–H and O–H groups in total. The molecule has 0 amide bonds. The van der Waals surface area contributed by atoms with Gasteiger partial charge in [0.05, 0.1) is 0 Å². The zero-order valence-corrected chi connectivity index (χ0v) is 7.05. The van der Waals surface area contributed by atoms with Crippen molar-refractivity contribution in [2.75, 3.05) is 0 Å². The molecule has 0 atom stereocenters. The van der Waals surface area contributed by atoms with E-state index in [1.807, 2.05) is 0 Å². The van der Waals surface area contributed by atoms with Gasteiger partial charge in [-0.25, -0.2) is 0 Å². The maximum absolute atomic E-state index is 5.11. The van der Waals surface area contributed by atoms with Gasteiger partial charge in [-0.05, 0) is 36.0 Å². The Balaban J connectivity index is 2.44. The molecule has 0 bridgehead atoms. The second-order valence-corrected chi connectivity index (χ2v) is 4.28. The van der Waals surface area contributed by atoms with Crippen molar-refractivity contribution in [2.24, 2.45) is 5.41 Å². The fourth-order valence-corrected chi connectivity index (χ4v) is 1.41. The summed E-state index contributed by atoms with van der Waals surface area (Å²) < 4.78 is 0. The molecular formula is C8H14S. The average Bonchev–Trinajstić information content (AvgIpc) is 1.78. The molecule has 0 radical (unpaired) electrons. The molecule has 0 aliphatic heterocycles. The highest BCUT2D eigenvalue weighted by atomic mass is 32.1. The van der Waals surface area contributed by atoms with Gasteiger partial charge in [0.2, 0.25) is 0 Å². The molecule has 1 heteroatoms. The standard InChI is InChI=1S/C8H14S/c1-8(2)5-3-7(9)4-6-8/h3-6H2,1-2H3. The van der Waals surface area contributed by atoms with E-state index in [1.54, 1.807) is 0 Å². The summed E-state index contributed by atoms with van der Waals surface area (Å²) in [6.07, 6.45) is 4.96. The van der Waals surface area contributed by atoms with Crippen LogP contribution in [0.1, 0.15) is 39.5 Å². The molecule has 1 fully saturated rings. The third-order valence-corrected chi connectivity index (χ3v) is 2.57. The van der Waals surface area contributed by atoms with Crippen molar-refractivity contribution < 1.29 is 0 Å². The summed E-state index contributed by atoms with van der Waals surface area (Å²) in [7, 11) is 0. The van der Waals surface area contributed by atoms with E-state index < -0.39 is 0 Å². The normalized spacial score (nSPS) is 26.2. The molecule has 1 aliphatic carbocycles. The minimum absolute atomic E-state index is 0.572. The van der Waals surface area contributed by atoms with Crippen molar-refractivity contribution in [1.29, 1.82) is 0 Å². The van der Waals surface area contributed by atoms with Gasteiger partial charge in [0.15, 0.2) is 0 Å². The Morgan fingerprint density at radius 2 is 1.67 bits per heavy atom. The van der Waals surface area contributed by atoms with E-state index in [0.29, 0.717) is 5.41 Å². The molecule has 1 rings (SSSR count).